The molecule has 0 aromatic carbocycles. The Kier molecular flexibility index (Phi) is 3.82. The van der Waals surface area contributed by atoms with Crippen LogP contribution in [-0.2, 0) is 12.0 Å². The lowest BCUT2D eigenvalue weighted by Gasteiger charge is -2.36. The van der Waals surface area contributed by atoms with Gasteiger partial charge in [-0.25, -0.2) is 0 Å². The average molecular weight is 236 g/mol. The number of nitrogens with one attached hydrogen (secondary N) is 1. The maximum absolute atomic E-state index is 4.49. The Morgan fingerprint density at radius 2 is 1.94 bits per heavy atom. The molecule has 0 atom stereocenters. The maximum atomic E-state index is 4.49. The van der Waals surface area contributed by atoms with Crippen LogP contribution in [0.4, 0.5) is 0 Å². The fourth-order valence-corrected chi connectivity index (χ4v) is 3.12. The van der Waals surface area contributed by atoms with Crippen LogP contribution in [0.3, 0.4) is 0 Å². The first-order valence-electron chi connectivity index (χ1n) is 6.84. The van der Waals surface area contributed by atoms with E-state index in [0.29, 0.717) is 0 Å². The molecule has 4 nitrogen and oxygen atoms in total. The molecule has 1 saturated heterocycles. The summed E-state index contributed by atoms with van der Waals surface area (Å²) in [5.41, 5.74) is 0.261. The van der Waals surface area contributed by atoms with Crippen molar-refractivity contribution in [2.45, 2.75) is 58.4 Å². The minimum Gasteiger partial charge on any atom is -0.317 e. The molecule has 96 valence electrons. The van der Waals surface area contributed by atoms with E-state index in [1.807, 2.05) is 0 Å². The van der Waals surface area contributed by atoms with E-state index in [9.17, 15) is 0 Å². The Hall–Kier alpha value is -0.900. The van der Waals surface area contributed by atoms with E-state index in [1.54, 1.807) is 0 Å². The van der Waals surface area contributed by atoms with Gasteiger partial charge in [-0.1, -0.05) is 13.3 Å². The highest BCUT2D eigenvalue weighted by Crippen LogP contribution is 2.37. The first-order valence-corrected chi connectivity index (χ1v) is 6.84. The second kappa shape index (κ2) is 5.17. The molecule has 0 aliphatic carbocycles. The van der Waals surface area contributed by atoms with Crippen LogP contribution in [0.25, 0.3) is 0 Å². The van der Waals surface area contributed by atoms with E-state index in [2.05, 4.69) is 40.9 Å². The lowest BCUT2D eigenvalue weighted by Crippen LogP contribution is -2.41. The van der Waals surface area contributed by atoms with Gasteiger partial charge < -0.3 is 9.88 Å². The minimum absolute atomic E-state index is 0.261. The van der Waals surface area contributed by atoms with Gasteiger partial charge in [-0.2, -0.15) is 0 Å². The average Bonchev–Trinajstić information content (AvgIpc) is 2.72. The maximum Gasteiger partial charge on any atom is 0.139 e. The summed E-state index contributed by atoms with van der Waals surface area (Å²) in [4.78, 5) is 0. The molecule has 0 spiro atoms. The number of hydrogen-bond donors (Lipinski definition) is 1. The predicted molar refractivity (Wildman–Crippen MR) is 69.1 cm³/mol. The van der Waals surface area contributed by atoms with Crippen molar-refractivity contribution < 1.29 is 0 Å². The van der Waals surface area contributed by atoms with Gasteiger partial charge in [-0.05, 0) is 46.2 Å². The molecule has 0 bridgehead atoms. The topological polar surface area (TPSA) is 42.7 Å². The van der Waals surface area contributed by atoms with Crippen molar-refractivity contribution in [3.63, 3.8) is 0 Å². The van der Waals surface area contributed by atoms with Gasteiger partial charge in [0.15, 0.2) is 0 Å². The van der Waals surface area contributed by atoms with E-state index >= 15 is 0 Å². The Balaban J connectivity index is 2.37. The molecule has 2 heterocycles. The van der Waals surface area contributed by atoms with Crippen molar-refractivity contribution in [3.05, 3.63) is 11.6 Å². The number of aromatic nitrogens is 3. The van der Waals surface area contributed by atoms with E-state index in [-0.39, 0.29) is 5.41 Å². The minimum atomic E-state index is 0.261. The van der Waals surface area contributed by atoms with Crippen LogP contribution in [0.5, 0.6) is 0 Å². The molecule has 4 heteroatoms. The summed E-state index contributed by atoms with van der Waals surface area (Å²) in [7, 11) is 0. The van der Waals surface area contributed by atoms with E-state index in [4.69, 9.17) is 0 Å². The van der Waals surface area contributed by atoms with Crippen molar-refractivity contribution in [1.82, 2.24) is 20.1 Å². The molecular weight excluding hydrogens is 212 g/mol. The molecule has 0 radical (unpaired) electrons. The van der Waals surface area contributed by atoms with Crippen LogP contribution in [0, 0.1) is 6.92 Å². The molecule has 0 saturated carbocycles. The van der Waals surface area contributed by atoms with Gasteiger partial charge >= 0.3 is 0 Å². The predicted octanol–water partition coefficient (Wildman–Crippen LogP) is 2.03. The highest BCUT2D eigenvalue weighted by Gasteiger charge is 2.37. The van der Waals surface area contributed by atoms with Gasteiger partial charge in [0.2, 0.25) is 0 Å². The third-order valence-corrected chi connectivity index (χ3v) is 4.02. The number of rotatable bonds is 4. The Bertz CT molecular complexity index is 358. The summed E-state index contributed by atoms with van der Waals surface area (Å²) in [6.45, 7) is 9.70. The summed E-state index contributed by atoms with van der Waals surface area (Å²) >= 11 is 0. The normalized spacial score (nSPS) is 19.5. The largest absolute Gasteiger partial charge is 0.317 e. The van der Waals surface area contributed by atoms with E-state index < -0.39 is 0 Å². The zero-order chi connectivity index (χ0) is 12.3. The van der Waals surface area contributed by atoms with Gasteiger partial charge in [0.1, 0.15) is 11.6 Å². The molecule has 1 aliphatic rings. The second-order valence-corrected chi connectivity index (χ2v) is 5.10. The first kappa shape index (κ1) is 12.6. The van der Waals surface area contributed by atoms with Crippen molar-refractivity contribution in [2.24, 2.45) is 0 Å². The molecule has 1 fully saturated rings. The summed E-state index contributed by atoms with van der Waals surface area (Å²) in [6, 6.07) is 0. The Labute approximate surface area is 104 Å². The van der Waals surface area contributed by atoms with Gasteiger partial charge in [0.05, 0.1) is 0 Å². The molecule has 17 heavy (non-hydrogen) atoms. The number of aryl methyl sites for hydroxylation is 1. The van der Waals surface area contributed by atoms with Crippen molar-refractivity contribution in [1.29, 1.82) is 0 Å². The van der Waals surface area contributed by atoms with Crippen LogP contribution in [-0.4, -0.2) is 27.9 Å². The second-order valence-electron chi connectivity index (χ2n) is 5.10. The standard InChI is InChI=1S/C13H24N4/c1-4-6-13(7-9-14-10-8-13)12-16-15-11(3)17(12)5-2/h14H,4-10H2,1-3H3. The number of nitrogens with zero attached hydrogens (tertiary/aromatic N) is 3. The molecule has 2 rings (SSSR count). The smallest absolute Gasteiger partial charge is 0.139 e. The van der Waals surface area contributed by atoms with E-state index in [1.165, 1.54) is 31.5 Å². The molecule has 1 aromatic heterocycles. The van der Waals surface area contributed by atoms with Crippen LogP contribution in [0.2, 0.25) is 0 Å². The van der Waals surface area contributed by atoms with Crippen molar-refractivity contribution >= 4 is 0 Å². The lowest BCUT2D eigenvalue weighted by atomic mass is 9.74. The highest BCUT2D eigenvalue weighted by molar-refractivity contribution is 5.12. The summed E-state index contributed by atoms with van der Waals surface area (Å²) < 4.78 is 2.29. The SMILES string of the molecule is CCCC1(c2nnc(C)n2CC)CCNCC1. The lowest BCUT2D eigenvalue weighted by molar-refractivity contribution is 0.261. The van der Waals surface area contributed by atoms with Gasteiger partial charge in [0, 0.05) is 12.0 Å². The molecule has 1 N–H and O–H groups in total. The molecule has 1 aromatic rings. The third-order valence-electron chi connectivity index (χ3n) is 4.02. The number of hydrogen-bond acceptors (Lipinski definition) is 3. The van der Waals surface area contributed by atoms with Crippen molar-refractivity contribution in [2.75, 3.05) is 13.1 Å². The van der Waals surface area contributed by atoms with E-state index in [0.717, 1.165) is 25.5 Å². The monoisotopic (exact) mass is 236 g/mol. The van der Waals surface area contributed by atoms with Crippen LogP contribution >= 0.6 is 0 Å². The molecule has 1 aliphatic heterocycles. The molecule has 0 amide bonds. The van der Waals surface area contributed by atoms with Crippen LogP contribution in [0.1, 0.15) is 51.2 Å². The zero-order valence-electron chi connectivity index (χ0n) is 11.3. The fraction of sp³-hybridized carbons (Fsp3) is 0.846. The van der Waals surface area contributed by atoms with Gasteiger partial charge in [-0.3, -0.25) is 0 Å². The van der Waals surface area contributed by atoms with Gasteiger partial charge in [0.25, 0.3) is 0 Å². The van der Waals surface area contributed by atoms with Crippen LogP contribution in [0.15, 0.2) is 0 Å². The van der Waals surface area contributed by atoms with Gasteiger partial charge in [-0.15, -0.1) is 10.2 Å². The summed E-state index contributed by atoms with van der Waals surface area (Å²) in [6.07, 6.45) is 4.83. The Morgan fingerprint density at radius 3 is 2.53 bits per heavy atom. The third kappa shape index (κ3) is 2.23. The quantitative estimate of drug-likeness (QED) is 0.870. The fourth-order valence-electron chi connectivity index (χ4n) is 3.12. The molecule has 0 unspecified atom stereocenters. The summed E-state index contributed by atoms with van der Waals surface area (Å²) in [5, 5.41) is 12.2. The van der Waals surface area contributed by atoms with Crippen LogP contribution < -0.4 is 5.32 Å². The van der Waals surface area contributed by atoms with Crippen molar-refractivity contribution in [3.8, 4) is 0 Å². The first-order chi connectivity index (χ1) is 8.23. The highest BCUT2D eigenvalue weighted by atomic mass is 15.3. The Morgan fingerprint density at radius 1 is 1.24 bits per heavy atom. The molecular formula is C13H24N4. The number of piperidine rings is 1. The summed E-state index contributed by atoms with van der Waals surface area (Å²) in [5.74, 6) is 2.28. The zero-order valence-corrected chi connectivity index (χ0v) is 11.3.